The first-order valence-electron chi connectivity index (χ1n) is 5.49. The van der Waals surface area contributed by atoms with E-state index in [4.69, 9.17) is 0 Å². The number of hydrogen-bond acceptors (Lipinski definition) is 6. The lowest BCUT2D eigenvalue weighted by molar-refractivity contribution is -0.152. The Hall–Kier alpha value is -2.22. The van der Waals surface area contributed by atoms with Gasteiger partial charge in [-0.3, -0.25) is 14.0 Å². The number of rotatable bonds is 2. The van der Waals surface area contributed by atoms with Crippen molar-refractivity contribution in [1.82, 2.24) is 9.38 Å². The molecule has 0 saturated carbocycles. The Labute approximate surface area is 111 Å². The van der Waals surface area contributed by atoms with E-state index in [1.54, 1.807) is 25.4 Å². The van der Waals surface area contributed by atoms with Crippen LogP contribution >= 0.6 is 11.3 Å². The summed E-state index contributed by atoms with van der Waals surface area (Å²) in [6.07, 6.45) is 1.55. The molecule has 100 valence electrons. The molecule has 0 bridgehead atoms. The van der Waals surface area contributed by atoms with E-state index < -0.39 is 17.4 Å². The zero-order valence-electron chi connectivity index (χ0n) is 10.3. The molecule has 0 aliphatic rings. The van der Waals surface area contributed by atoms with Gasteiger partial charge in [0.15, 0.2) is 4.96 Å². The lowest BCUT2D eigenvalue weighted by Gasteiger charge is -2.06. The number of ether oxygens (including phenoxy) is 1. The van der Waals surface area contributed by atoms with Gasteiger partial charge >= 0.3 is 11.9 Å². The summed E-state index contributed by atoms with van der Waals surface area (Å²) in [6.45, 7) is 3.26. The van der Waals surface area contributed by atoms with Gasteiger partial charge in [-0.1, -0.05) is 0 Å². The highest BCUT2D eigenvalue weighted by Gasteiger charge is 2.19. The Balaban J connectivity index is 2.37. The first-order valence-corrected chi connectivity index (χ1v) is 6.37. The van der Waals surface area contributed by atoms with Crippen LogP contribution in [0.25, 0.3) is 4.96 Å². The predicted octanol–water partition coefficient (Wildman–Crippen LogP) is 0.566. The molecule has 0 atom stereocenters. The first kappa shape index (κ1) is 13.2. The smallest absolute Gasteiger partial charge is 0.397 e. The zero-order chi connectivity index (χ0) is 14.0. The summed E-state index contributed by atoms with van der Waals surface area (Å²) < 4.78 is 5.85. The van der Waals surface area contributed by atoms with Gasteiger partial charge in [-0.2, -0.15) is 0 Å². The van der Waals surface area contributed by atoms with Crippen LogP contribution in [0.15, 0.2) is 16.4 Å². The molecule has 0 unspecified atom stereocenters. The monoisotopic (exact) mass is 281 g/mol. The summed E-state index contributed by atoms with van der Waals surface area (Å²) in [5.74, 6) is -2.02. The zero-order valence-corrected chi connectivity index (χ0v) is 11.1. The number of esters is 1. The number of nitrogens with zero attached hydrogens (tertiary/aromatic N) is 2. The van der Waals surface area contributed by atoms with E-state index in [2.05, 4.69) is 15.0 Å². The van der Waals surface area contributed by atoms with Crippen LogP contribution < -0.4 is 10.9 Å². The Morgan fingerprint density at radius 3 is 2.95 bits per heavy atom. The number of nitrogens with one attached hydrogen (secondary N) is 1. The molecule has 19 heavy (non-hydrogen) atoms. The maximum absolute atomic E-state index is 12.1. The summed E-state index contributed by atoms with van der Waals surface area (Å²) in [6, 6.07) is 0. The van der Waals surface area contributed by atoms with Crippen molar-refractivity contribution in [2.45, 2.75) is 13.8 Å². The Kier molecular flexibility index (Phi) is 3.61. The molecule has 2 heterocycles. The van der Waals surface area contributed by atoms with Gasteiger partial charge in [0.25, 0.3) is 5.56 Å². The second-order valence-electron chi connectivity index (χ2n) is 3.61. The number of fused-ring (bicyclic) bond motifs is 1. The summed E-state index contributed by atoms with van der Waals surface area (Å²) in [7, 11) is 0. The van der Waals surface area contributed by atoms with Crippen molar-refractivity contribution < 1.29 is 14.3 Å². The van der Waals surface area contributed by atoms with Crippen molar-refractivity contribution in [2.75, 3.05) is 11.9 Å². The minimum atomic E-state index is -1.03. The molecule has 0 radical (unpaired) electrons. The molecule has 0 spiro atoms. The Morgan fingerprint density at radius 2 is 2.26 bits per heavy atom. The summed E-state index contributed by atoms with van der Waals surface area (Å²) in [4.78, 5) is 39.5. The highest BCUT2D eigenvalue weighted by Crippen LogP contribution is 2.12. The highest BCUT2D eigenvalue weighted by molar-refractivity contribution is 7.15. The van der Waals surface area contributed by atoms with Gasteiger partial charge < -0.3 is 10.1 Å². The largest absolute Gasteiger partial charge is 0.459 e. The maximum Gasteiger partial charge on any atom is 0.397 e. The average Bonchev–Trinajstić information content (AvgIpc) is 2.82. The normalized spacial score (nSPS) is 10.4. The van der Waals surface area contributed by atoms with E-state index >= 15 is 0 Å². The van der Waals surface area contributed by atoms with Crippen LogP contribution in [0.2, 0.25) is 0 Å². The average molecular weight is 281 g/mol. The summed E-state index contributed by atoms with van der Waals surface area (Å²) in [5, 5.41) is 3.95. The lowest BCUT2D eigenvalue weighted by Crippen LogP contribution is -2.30. The Morgan fingerprint density at radius 1 is 1.53 bits per heavy atom. The highest BCUT2D eigenvalue weighted by atomic mass is 32.1. The van der Waals surface area contributed by atoms with Gasteiger partial charge in [0.1, 0.15) is 5.69 Å². The fourth-order valence-electron chi connectivity index (χ4n) is 1.49. The van der Waals surface area contributed by atoms with Crippen molar-refractivity contribution >= 4 is 33.9 Å². The first-order chi connectivity index (χ1) is 9.04. The number of carbonyl (C=O) groups excluding carboxylic acids is 2. The molecule has 8 heteroatoms. The molecule has 2 rings (SSSR count). The fraction of sp³-hybridized carbons (Fsp3) is 0.273. The van der Waals surface area contributed by atoms with Gasteiger partial charge in [-0.25, -0.2) is 9.78 Å². The quantitative estimate of drug-likeness (QED) is 0.642. The number of thiazole rings is 1. The van der Waals surface area contributed by atoms with Crippen molar-refractivity contribution in [3.05, 3.63) is 27.6 Å². The van der Waals surface area contributed by atoms with Crippen molar-refractivity contribution in [3.63, 3.8) is 0 Å². The molecule has 7 nitrogen and oxygen atoms in total. The second kappa shape index (κ2) is 5.19. The van der Waals surface area contributed by atoms with Crippen LogP contribution in [0.5, 0.6) is 0 Å². The van der Waals surface area contributed by atoms with Gasteiger partial charge in [0.05, 0.1) is 12.3 Å². The van der Waals surface area contributed by atoms with E-state index in [-0.39, 0.29) is 12.3 Å². The van der Waals surface area contributed by atoms with Crippen molar-refractivity contribution in [2.24, 2.45) is 0 Å². The van der Waals surface area contributed by atoms with Gasteiger partial charge in [0.2, 0.25) is 0 Å². The molecule has 0 aromatic carbocycles. The standard InChI is InChI=1S/C11H11N3O4S/c1-3-18-10(17)8(15)13-7-6(2)12-11-14(9(7)16)4-5-19-11/h4-5H,3H2,1-2H3,(H,13,15). The fourth-order valence-corrected chi connectivity index (χ4v) is 2.24. The topological polar surface area (TPSA) is 89.8 Å². The third-order valence-corrected chi connectivity index (χ3v) is 3.10. The van der Waals surface area contributed by atoms with Crippen molar-refractivity contribution in [1.29, 1.82) is 0 Å². The van der Waals surface area contributed by atoms with E-state index in [1.165, 1.54) is 15.7 Å². The molecular weight excluding hydrogens is 270 g/mol. The number of aromatic nitrogens is 2. The summed E-state index contributed by atoms with van der Waals surface area (Å²) in [5.41, 5.74) is -0.0968. The number of anilines is 1. The molecule has 1 amide bonds. The van der Waals surface area contributed by atoms with Crippen molar-refractivity contribution in [3.8, 4) is 0 Å². The minimum absolute atomic E-state index is 0.0195. The van der Waals surface area contributed by atoms with E-state index in [0.29, 0.717) is 10.7 Å². The third-order valence-electron chi connectivity index (χ3n) is 2.35. The van der Waals surface area contributed by atoms with Gasteiger partial charge in [-0.15, -0.1) is 11.3 Å². The molecule has 2 aromatic rings. The predicted molar refractivity (Wildman–Crippen MR) is 69.3 cm³/mol. The van der Waals surface area contributed by atoms with Gasteiger partial charge in [0, 0.05) is 11.6 Å². The SMILES string of the molecule is CCOC(=O)C(=O)Nc1c(C)nc2sccn2c1=O. The van der Waals surface area contributed by atoms with Crippen LogP contribution in [-0.2, 0) is 14.3 Å². The molecular formula is C11H11N3O4S. The third kappa shape index (κ3) is 2.48. The molecule has 1 N–H and O–H groups in total. The van der Waals surface area contributed by atoms with Crippen LogP contribution in [0.1, 0.15) is 12.6 Å². The van der Waals surface area contributed by atoms with E-state index in [9.17, 15) is 14.4 Å². The molecule has 0 aliphatic heterocycles. The second-order valence-corrected chi connectivity index (χ2v) is 4.48. The lowest BCUT2D eigenvalue weighted by atomic mass is 10.3. The summed E-state index contributed by atoms with van der Waals surface area (Å²) >= 11 is 1.31. The van der Waals surface area contributed by atoms with Crippen LogP contribution in [0.3, 0.4) is 0 Å². The Bertz CT molecular complexity index is 704. The minimum Gasteiger partial charge on any atom is -0.459 e. The molecule has 0 fully saturated rings. The van der Waals surface area contributed by atoms with Crippen LogP contribution in [-0.4, -0.2) is 27.9 Å². The van der Waals surface area contributed by atoms with E-state index in [0.717, 1.165) is 0 Å². The maximum atomic E-state index is 12.1. The van der Waals surface area contributed by atoms with Crippen LogP contribution in [0.4, 0.5) is 5.69 Å². The molecule has 2 aromatic heterocycles. The number of hydrogen-bond donors (Lipinski definition) is 1. The van der Waals surface area contributed by atoms with Gasteiger partial charge in [-0.05, 0) is 13.8 Å². The number of aryl methyl sites for hydroxylation is 1. The van der Waals surface area contributed by atoms with E-state index in [1.807, 2.05) is 0 Å². The molecule has 0 saturated heterocycles. The number of amides is 1. The molecule has 0 aliphatic carbocycles. The van der Waals surface area contributed by atoms with Crippen LogP contribution in [0, 0.1) is 6.92 Å². The number of carbonyl (C=O) groups is 2.